The van der Waals surface area contributed by atoms with Crippen molar-refractivity contribution < 1.29 is 14.6 Å². The van der Waals surface area contributed by atoms with Gasteiger partial charge in [0.2, 0.25) is 0 Å². The molecule has 1 N–H and O–H groups in total. The first-order valence-corrected chi connectivity index (χ1v) is 4.28. The number of aromatic hydroxyl groups is 1. The van der Waals surface area contributed by atoms with E-state index in [0.717, 1.165) is 0 Å². The molecule has 0 bridgehead atoms. The maximum Gasteiger partial charge on any atom is 0.167 e. The van der Waals surface area contributed by atoms with Crippen LogP contribution < -0.4 is 0 Å². The van der Waals surface area contributed by atoms with Gasteiger partial charge in [-0.15, -0.1) is 0 Å². The number of para-hydroxylation sites is 1. The maximum absolute atomic E-state index is 9.59. The van der Waals surface area contributed by atoms with Gasteiger partial charge in [-0.1, -0.05) is 12.1 Å². The van der Waals surface area contributed by atoms with E-state index in [4.69, 9.17) is 9.47 Å². The second kappa shape index (κ2) is 4.56. The van der Waals surface area contributed by atoms with Gasteiger partial charge in [0.25, 0.3) is 0 Å². The van der Waals surface area contributed by atoms with Gasteiger partial charge in [0.1, 0.15) is 11.5 Å². The standard InChI is InChI=1S/C11H14O3/c1-8(13-2)11(14-3)9-6-4-5-7-10(9)12/h4-7,12H,1-3H3. The van der Waals surface area contributed by atoms with E-state index in [1.807, 2.05) is 6.07 Å². The Balaban J connectivity index is 3.20. The topological polar surface area (TPSA) is 38.7 Å². The van der Waals surface area contributed by atoms with Crippen LogP contribution in [0, 0.1) is 0 Å². The van der Waals surface area contributed by atoms with Crippen molar-refractivity contribution in [2.45, 2.75) is 6.92 Å². The molecule has 0 heterocycles. The molecule has 0 aliphatic heterocycles. The summed E-state index contributed by atoms with van der Waals surface area (Å²) in [7, 11) is 3.11. The molecule has 1 aromatic rings. The Kier molecular flexibility index (Phi) is 3.40. The van der Waals surface area contributed by atoms with E-state index >= 15 is 0 Å². The number of rotatable bonds is 3. The Morgan fingerprint density at radius 2 is 1.79 bits per heavy atom. The largest absolute Gasteiger partial charge is 0.507 e. The van der Waals surface area contributed by atoms with E-state index in [1.165, 1.54) is 0 Å². The Bertz CT molecular complexity index is 342. The molecule has 0 saturated heterocycles. The van der Waals surface area contributed by atoms with Crippen molar-refractivity contribution in [3.8, 4) is 5.75 Å². The van der Waals surface area contributed by atoms with Crippen LogP contribution in [0.3, 0.4) is 0 Å². The van der Waals surface area contributed by atoms with Gasteiger partial charge in [-0.3, -0.25) is 0 Å². The summed E-state index contributed by atoms with van der Waals surface area (Å²) >= 11 is 0. The third kappa shape index (κ3) is 1.99. The second-order valence-corrected chi connectivity index (χ2v) is 2.81. The average Bonchev–Trinajstić information content (AvgIpc) is 2.21. The first-order chi connectivity index (χ1) is 6.70. The van der Waals surface area contributed by atoms with Crippen LogP contribution in [-0.4, -0.2) is 19.3 Å². The molecule has 1 rings (SSSR count). The summed E-state index contributed by atoms with van der Waals surface area (Å²) in [5, 5.41) is 9.59. The number of benzene rings is 1. The molecular weight excluding hydrogens is 180 g/mol. The van der Waals surface area contributed by atoms with Crippen LogP contribution in [0.15, 0.2) is 30.0 Å². The molecule has 0 atom stereocenters. The van der Waals surface area contributed by atoms with Gasteiger partial charge < -0.3 is 14.6 Å². The van der Waals surface area contributed by atoms with Crippen LogP contribution in [0.25, 0.3) is 5.76 Å². The average molecular weight is 194 g/mol. The van der Waals surface area contributed by atoms with Crippen molar-refractivity contribution in [2.75, 3.05) is 14.2 Å². The lowest BCUT2D eigenvalue weighted by atomic mass is 10.1. The van der Waals surface area contributed by atoms with Crippen molar-refractivity contribution in [2.24, 2.45) is 0 Å². The summed E-state index contributed by atoms with van der Waals surface area (Å²) in [6.07, 6.45) is 0. The van der Waals surface area contributed by atoms with Gasteiger partial charge in [0.05, 0.1) is 19.8 Å². The summed E-state index contributed by atoms with van der Waals surface area (Å²) in [6, 6.07) is 6.97. The van der Waals surface area contributed by atoms with Crippen LogP contribution >= 0.6 is 0 Å². The van der Waals surface area contributed by atoms with Crippen LogP contribution in [-0.2, 0) is 9.47 Å². The molecule has 0 unspecified atom stereocenters. The van der Waals surface area contributed by atoms with Crippen molar-refractivity contribution >= 4 is 5.76 Å². The van der Waals surface area contributed by atoms with Gasteiger partial charge in [0, 0.05) is 0 Å². The van der Waals surface area contributed by atoms with Crippen molar-refractivity contribution in [1.29, 1.82) is 0 Å². The van der Waals surface area contributed by atoms with E-state index < -0.39 is 0 Å². The number of methoxy groups -OCH3 is 2. The number of hydrogen-bond donors (Lipinski definition) is 1. The fraction of sp³-hybridized carbons (Fsp3) is 0.273. The van der Waals surface area contributed by atoms with E-state index in [-0.39, 0.29) is 5.75 Å². The number of phenolic OH excluding ortho intramolecular Hbond substituents is 1. The zero-order valence-corrected chi connectivity index (χ0v) is 8.57. The Morgan fingerprint density at radius 1 is 1.14 bits per heavy atom. The monoisotopic (exact) mass is 194 g/mol. The summed E-state index contributed by atoms with van der Waals surface area (Å²) in [5.41, 5.74) is 0.634. The normalized spacial score (nSPS) is 11.9. The molecule has 0 fully saturated rings. The van der Waals surface area contributed by atoms with Gasteiger partial charge >= 0.3 is 0 Å². The molecule has 0 aliphatic rings. The predicted molar refractivity (Wildman–Crippen MR) is 54.7 cm³/mol. The van der Waals surface area contributed by atoms with E-state index in [9.17, 15) is 5.11 Å². The van der Waals surface area contributed by atoms with Gasteiger partial charge in [-0.05, 0) is 19.1 Å². The molecule has 3 nitrogen and oxygen atoms in total. The lowest BCUT2D eigenvalue weighted by Crippen LogP contribution is -1.94. The molecule has 0 radical (unpaired) electrons. The minimum atomic E-state index is 0.181. The highest BCUT2D eigenvalue weighted by molar-refractivity contribution is 5.66. The van der Waals surface area contributed by atoms with Crippen molar-refractivity contribution in [3.05, 3.63) is 35.6 Å². The number of allylic oxidation sites excluding steroid dienone is 1. The molecule has 0 spiro atoms. The summed E-state index contributed by atoms with van der Waals surface area (Å²) < 4.78 is 10.2. The molecule has 0 aromatic heterocycles. The number of phenols is 1. The van der Waals surface area contributed by atoms with E-state index in [0.29, 0.717) is 17.1 Å². The Hall–Kier alpha value is -1.64. The molecule has 14 heavy (non-hydrogen) atoms. The fourth-order valence-electron chi connectivity index (χ4n) is 1.20. The minimum Gasteiger partial charge on any atom is -0.507 e. The number of hydrogen-bond acceptors (Lipinski definition) is 3. The molecule has 0 amide bonds. The SMILES string of the molecule is COC(C)=C(OC)c1ccccc1O. The highest BCUT2D eigenvalue weighted by Crippen LogP contribution is 2.27. The van der Waals surface area contributed by atoms with Crippen LogP contribution in [0.2, 0.25) is 0 Å². The Morgan fingerprint density at radius 3 is 2.29 bits per heavy atom. The zero-order valence-electron chi connectivity index (χ0n) is 8.57. The molecule has 76 valence electrons. The highest BCUT2D eigenvalue weighted by atomic mass is 16.5. The van der Waals surface area contributed by atoms with E-state index in [2.05, 4.69) is 0 Å². The maximum atomic E-state index is 9.59. The minimum absolute atomic E-state index is 0.181. The predicted octanol–water partition coefficient (Wildman–Crippen LogP) is 2.37. The third-order valence-corrected chi connectivity index (χ3v) is 1.98. The van der Waals surface area contributed by atoms with Crippen LogP contribution in [0.5, 0.6) is 5.75 Å². The van der Waals surface area contributed by atoms with Gasteiger partial charge in [0.15, 0.2) is 5.76 Å². The smallest absolute Gasteiger partial charge is 0.167 e. The summed E-state index contributed by atoms with van der Waals surface area (Å²) in [6.45, 7) is 1.78. The first kappa shape index (κ1) is 10.4. The molecule has 3 heteroatoms. The van der Waals surface area contributed by atoms with Crippen molar-refractivity contribution in [1.82, 2.24) is 0 Å². The second-order valence-electron chi connectivity index (χ2n) is 2.81. The summed E-state index contributed by atoms with van der Waals surface area (Å²) in [4.78, 5) is 0. The zero-order chi connectivity index (χ0) is 10.6. The molecule has 1 aromatic carbocycles. The first-order valence-electron chi connectivity index (χ1n) is 4.28. The molecule has 0 saturated carbocycles. The van der Waals surface area contributed by atoms with Gasteiger partial charge in [-0.25, -0.2) is 0 Å². The number of ether oxygens (including phenoxy) is 2. The third-order valence-electron chi connectivity index (χ3n) is 1.98. The van der Waals surface area contributed by atoms with Gasteiger partial charge in [-0.2, -0.15) is 0 Å². The summed E-state index contributed by atoms with van der Waals surface area (Å²) in [5.74, 6) is 1.36. The molecular formula is C11H14O3. The highest BCUT2D eigenvalue weighted by Gasteiger charge is 2.10. The molecule has 0 aliphatic carbocycles. The lowest BCUT2D eigenvalue weighted by molar-refractivity contribution is 0.267. The van der Waals surface area contributed by atoms with Crippen LogP contribution in [0.4, 0.5) is 0 Å². The van der Waals surface area contributed by atoms with E-state index in [1.54, 1.807) is 39.3 Å². The fourth-order valence-corrected chi connectivity index (χ4v) is 1.20. The quantitative estimate of drug-likeness (QED) is 0.751. The van der Waals surface area contributed by atoms with Crippen molar-refractivity contribution in [3.63, 3.8) is 0 Å². The van der Waals surface area contributed by atoms with Crippen LogP contribution in [0.1, 0.15) is 12.5 Å². The lowest BCUT2D eigenvalue weighted by Gasteiger charge is -2.11. The Labute approximate surface area is 83.6 Å².